The first kappa shape index (κ1) is 17.7. The van der Waals surface area contributed by atoms with Gasteiger partial charge in [0.15, 0.2) is 12.4 Å². The van der Waals surface area contributed by atoms with E-state index in [1.54, 1.807) is 12.1 Å². The standard InChI is InChI=1S/C21H21NO4/c1-21(2)16-9-5-6-10-17(16)22(3)19(21)12-14(23)13-26-20(25)15-8-4-7-11-18(15)24/h4-12,24H,13H2,1-3H3/b19-12+. The number of likely N-dealkylation sites (N-methyl/N-ethyl adjacent to an activating group) is 1. The van der Waals surface area contributed by atoms with Gasteiger partial charge >= 0.3 is 5.97 Å². The summed E-state index contributed by atoms with van der Waals surface area (Å²) >= 11 is 0. The summed E-state index contributed by atoms with van der Waals surface area (Å²) < 4.78 is 5.05. The maximum atomic E-state index is 12.4. The fourth-order valence-corrected chi connectivity index (χ4v) is 3.31. The van der Waals surface area contributed by atoms with E-state index in [0.717, 1.165) is 16.9 Å². The van der Waals surface area contributed by atoms with E-state index in [2.05, 4.69) is 19.9 Å². The van der Waals surface area contributed by atoms with Crippen LogP contribution in [0.4, 0.5) is 5.69 Å². The Labute approximate surface area is 152 Å². The van der Waals surface area contributed by atoms with Crippen LogP contribution in [-0.4, -0.2) is 30.5 Å². The van der Waals surface area contributed by atoms with Crippen LogP contribution in [0.2, 0.25) is 0 Å². The van der Waals surface area contributed by atoms with Crippen LogP contribution in [-0.2, 0) is 14.9 Å². The molecule has 0 fully saturated rings. The Kier molecular flexibility index (Phi) is 4.55. The van der Waals surface area contributed by atoms with E-state index in [4.69, 9.17) is 4.74 Å². The number of ketones is 1. The van der Waals surface area contributed by atoms with Gasteiger partial charge in [-0.25, -0.2) is 4.79 Å². The minimum absolute atomic E-state index is 0.0404. The number of hydrogen-bond acceptors (Lipinski definition) is 5. The predicted octanol–water partition coefficient (Wildman–Crippen LogP) is 3.43. The van der Waals surface area contributed by atoms with Crippen molar-refractivity contribution in [3.8, 4) is 5.75 Å². The molecule has 0 atom stereocenters. The van der Waals surface area contributed by atoms with Crippen LogP contribution >= 0.6 is 0 Å². The molecule has 0 aliphatic carbocycles. The van der Waals surface area contributed by atoms with Crippen molar-refractivity contribution in [1.29, 1.82) is 0 Å². The average molecular weight is 351 g/mol. The Bertz CT molecular complexity index is 898. The Morgan fingerprint density at radius 1 is 1.12 bits per heavy atom. The average Bonchev–Trinajstić information content (AvgIpc) is 2.81. The lowest BCUT2D eigenvalue weighted by Crippen LogP contribution is -2.25. The molecule has 1 heterocycles. The third kappa shape index (κ3) is 3.08. The number of nitrogens with zero attached hydrogens (tertiary/aromatic N) is 1. The van der Waals surface area contributed by atoms with Crippen molar-refractivity contribution in [2.75, 3.05) is 18.6 Å². The molecular weight excluding hydrogens is 330 g/mol. The summed E-state index contributed by atoms with van der Waals surface area (Å²) in [4.78, 5) is 26.4. The molecule has 0 unspecified atom stereocenters. The first-order chi connectivity index (χ1) is 12.3. The highest BCUT2D eigenvalue weighted by molar-refractivity contribution is 5.97. The highest BCUT2D eigenvalue weighted by Gasteiger charge is 2.38. The van der Waals surface area contributed by atoms with Crippen molar-refractivity contribution >= 4 is 17.4 Å². The molecule has 0 aromatic heterocycles. The summed E-state index contributed by atoms with van der Waals surface area (Å²) in [6.07, 6.45) is 1.53. The molecule has 26 heavy (non-hydrogen) atoms. The lowest BCUT2D eigenvalue weighted by Gasteiger charge is -2.23. The Hall–Kier alpha value is -3.08. The number of para-hydroxylation sites is 2. The number of fused-ring (bicyclic) bond motifs is 1. The topological polar surface area (TPSA) is 66.8 Å². The van der Waals surface area contributed by atoms with E-state index in [0.29, 0.717) is 0 Å². The van der Waals surface area contributed by atoms with Crippen molar-refractivity contribution in [2.45, 2.75) is 19.3 Å². The second-order valence-corrected chi connectivity index (χ2v) is 6.79. The summed E-state index contributed by atoms with van der Waals surface area (Å²) in [7, 11) is 1.92. The Balaban J connectivity index is 1.74. The van der Waals surface area contributed by atoms with Crippen LogP contribution in [0.15, 0.2) is 60.3 Å². The van der Waals surface area contributed by atoms with Gasteiger partial charge in [0.25, 0.3) is 0 Å². The van der Waals surface area contributed by atoms with Gasteiger partial charge in [-0.15, -0.1) is 0 Å². The molecule has 0 spiro atoms. The first-order valence-corrected chi connectivity index (χ1v) is 8.35. The van der Waals surface area contributed by atoms with Gasteiger partial charge in [0.1, 0.15) is 11.3 Å². The van der Waals surface area contributed by atoms with E-state index in [1.807, 2.05) is 30.1 Å². The highest BCUT2D eigenvalue weighted by Crippen LogP contribution is 2.46. The number of phenols is 1. The minimum atomic E-state index is -0.725. The lowest BCUT2D eigenvalue weighted by atomic mass is 9.83. The summed E-state index contributed by atoms with van der Waals surface area (Å²) in [5.74, 6) is -1.20. The summed E-state index contributed by atoms with van der Waals surface area (Å²) in [6.45, 7) is 3.74. The molecule has 0 amide bonds. The smallest absolute Gasteiger partial charge is 0.342 e. The Morgan fingerprint density at radius 3 is 2.46 bits per heavy atom. The van der Waals surface area contributed by atoms with Crippen molar-refractivity contribution in [1.82, 2.24) is 0 Å². The summed E-state index contributed by atoms with van der Waals surface area (Å²) in [5.41, 5.74) is 2.78. The molecule has 5 heteroatoms. The number of hydrogen-bond donors (Lipinski definition) is 1. The van der Waals surface area contributed by atoms with Gasteiger partial charge in [-0.3, -0.25) is 4.79 Å². The second-order valence-electron chi connectivity index (χ2n) is 6.79. The molecule has 0 radical (unpaired) electrons. The zero-order valence-corrected chi connectivity index (χ0v) is 15.0. The van der Waals surface area contributed by atoms with Gasteiger partial charge in [-0.2, -0.15) is 0 Å². The Morgan fingerprint density at radius 2 is 1.77 bits per heavy atom. The van der Waals surface area contributed by atoms with E-state index in [-0.39, 0.29) is 29.1 Å². The minimum Gasteiger partial charge on any atom is -0.507 e. The number of carbonyl (C=O) groups excluding carboxylic acids is 2. The fraction of sp³-hybridized carbons (Fsp3) is 0.238. The third-order valence-electron chi connectivity index (χ3n) is 4.71. The molecule has 3 rings (SSSR count). The van der Waals surface area contributed by atoms with Gasteiger partial charge in [0.2, 0.25) is 0 Å². The van der Waals surface area contributed by atoms with Gasteiger partial charge < -0.3 is 14.7 Å². The van der Waals surface area contributed by atoms with E-state index < -0.39 is 5.97 Å². The molecule has 1 aliphatic rings. The zero-order valence-electron chi connectivity index (χ0n) is 15.0. The summed E-state index contributed by atoms with van der Waals surface area (Å²) in [5, 5.41) is 9.68. The van der Waals surface area contributed by atoms with E-state index in [9.17, 15) is 14.7 Å². The zero-order chi connectivity index (χ0) is 18.9. The highest BCUT2D eigenvalue weighted by atomic mass is 16.5. The number of allylic oxidation sites excluding steroid dienone is 1. The van der Waals surface area contributed by atoms with Crippen LogP contribution in [0.25, 0.3) is 0 Å². The number of esters is 1. The third-order valence-corrected chi connectivity index (χ3v) is 4.71. The molecule has 0 saturated carbocycles. The number of rotatable bonds is 4. The van der Waals surface area contributed by atoms with Crippen LogP contribution in [0.1, 0.15) is 29.8 Å². The van der Waals surface area contributed by atoms with Crippen LogP contribution in [0, 0.1) is 0 Å². The number of carbonyl (C=O) groups is 2. The predicted molar refractivity (Wildman–Crippen MR) is 99.4 cm³/mol. The molecule has 134 valence electrons. The number of aromatic hydroxyl groups is 1. The molecule has 0 bridgehead atoms. The molecule has 1 N–H and O–H groups in total. The van der Waals surface area contributed by atoms with E-state index >= 15 is 0 Å². The van der Waals surface area contributed by atoms with Crippen molar-refractivity contribution in [2.24, 2.45) is 0 Å². The van der Waals surface area contributed by atoms with Crippen LogP contribution in [0.3, 0.4) is 0 Å². The molecule has 1 aliphatic heterocycles. The van der Waals surface area contributed by atoms with Gasteiger partial charge in [-0.1, -0.05) is 44.2 Å². The van der Waals surface area contributed by atoms with E-state index in [1.165, 1.54) is 18.2 Å². The maximum Gasteiger partial charge on any atom is 0.342 e. The van der Waals surface area contributed by atoms with Crippen molar-refractivity contribution in [3.63, 3.8) is 0 Å². The van der Waals surface area contributed by atoms with Crippen molar-refractivity contribution < 1.29 is 19.4 Å². The van der Waals surface area contributed by atoms with Gasteiger partial charge in [-0.05, 0) is 23.8 Å². The molecule has 2 aromatic rings. The maximum absolute atomic E-state index is 12.4. The molecule has 5 nitrogen and oxygen atoms in total. The summed E-state index contributed by atoms with van der Waals surface area (Å²) in [6, 6.07) is 14.1. The van der Waals surface area contributed by atoms with Gasteiger partial charge in [0, 0.05) is 29.9 Å². The van der Waals surface area contributed by atoms with Crippen LogP contribution < -0.4 is 4.90 Å². The van der Waals surface area contributed by atoms with Crippen LogP contribution in [0.5, 0.6) is 5.75 Å². The number of ether oxygens (including phenoxy) is 1. The molecular formula is C21H21NO4. The quantitative estimate of drug-likeness (QED) is 0.675. The fourth-order valence-electron chi connectivity index (χ4n) is 3.31. The molecule has 0 saturated heterocycles. The number of benzene rings is 2. The first-order valence-electron chi connectivity index (χ1n) is 8.35. The lowest BCUT2D eigenvalue weighted by molar-refractivity contribution is -0.117. The van der Waals surface area contributed by atoms with Crippen molar-refractivity contribution in [3.05, 3.63) is 71.4 Å². The second kappa shape index (κ2) is 6.67. The monoisotopic (exact) mass is 351 g/mol. The molecule has 2 aromatic carbocycles. The number of anilines is 1. The SMILES string of the molecule is CN1/C(=C/C(=O)COC(=O)c2ccccc2O)C(C)(C)c2ccccc21. The normalized spacial score (nSPS) is 16.4. The van der Waals surface area contributed by atoms with Gasteiger partial charge in [0.05, 0.1) is 0 Å². The number of phenolic OH excluding ortho intramolecular Hbond substituents is 1. The largest absolute Gasteiger partial charge is 0.507 e.